The van der Waals surface area contributed by atoms with E-state index in [4.69, 9.17) is 4.74 Å². The molecule has 5 rings (SSSR count). The minimum Gasteiger partial charge on any atom is -0.497 e. The van der Waals surface area contributed by atoms with Gasteiger partial charge in [-0.3, -0.25) is 9.80 Å². The molecule has 162 valence electrons. The molecule has 1 heterocycles. The van der Waals surface area contributed by atoms with Gasteiger partial charge in [-0.15, -0.1) is 0 Å². The number of fused-ring (bicyclic) bond motifs is 1. The number of carbonyl (C=O) groups is 1. The molecule has 2 aromatic rings. The summed E-state index contributed by atoms with van der Waals surface area (Å²) in [4.78, 5) is 13.1. The van der Waals surface area contributed by atoms with E-state index in [1.165, 1.54) is 31.2 Å². The number of nitrogens with zero attached hydrogens (tertiary/aromatic N) is 2. The molecule has 2 aromatic carbocycles. The third kappa shape index (κ3) is 3.47. The monoisotopic (exact) mass is 416 g/mol. The highest BCUT2D eigenvalue weighted by Gasteiger charge is 2.54. The van der Waals surface area contributed by atoms with Crippen LogP contribution in [0.25, 0.3) is 6.08 Å². The van der Waals surface area contributed by atoms with Crippen molar-refractivity contribution in [2.45, 2.75) is 50.0 Å². The molecule has 0 radical (unpaired) electrons. The molecule has 0 N–H and O–H groups in total. The van der Waals surface area contributed by atoms with E-state index in [-0.39, 0.29) is 5.91 Å². The highest BCUT2D eigenvalue weighted by molar-refractivity contribution is 5.91. The molecule has 1 saturated heterocycles. The zero-order chi connectivity index (χ0) is 21.4. The molecule has 1 saturated carbocycles. The van der Waals surface area contributed by atoms with Crippen molar-refractivity contribution in [1.29, 1.82) is 0 Å². The Morgan fingerprint density at radius 3 is 2.90 bits per heavy atom. The Balaban J connectivity index is 1.39. The smallest absolute Gasteiger partial charge is 0.260 e. The molecular formula is C27H32N2O2. The largest absolute Gasteiger partial charge is 0.497 e. The van der Waals surface area contributed by atoms with Crippen LogP contribution in [0, 0.1) is 5.92 Å². The van der Waals surface area contributed by atoms with Crippen LogP contribution >= 0.6 is 0 Å². The molecule has 1 aliphatic heterocycles. The van der Waals surface area contributed by atoms with Gasteiger partial charge in [0.25, 0.3) is 5.91 Å². The Bertz CT molecular complexity index is 1000. The Morgan fingerprint density at radius 1 is 1.16 bits per heavy atom. The summed E-state index contributed by atoms with van der Waals surface area (Å²) in [5.74, 6) is 1.47. The molecule has 0 spiro atoms. The number of amides is 1. The molecule has 31 heavy (non-hydrogen) atoms. The number of piperidine rings is 1. The third-order valence-electron chi connectivity index (χ3n) is 7.93. The molecule has 3 atom stereocenters. The molecule has 2 fully saturated rings. The van der Waals surface area contributed by atoms with Crippen LogP contribution in [-0.4, -0.2) is 42.7 Å². The Labute approximate surface area is 185 Å². The van der Waals surface area contributed by atoms with Crippen molar-refractivity contribution in [2.75, 3.05) is 20.7 Å². The Morgan fingerprint density at radius 2 is 2.03 bits per heavy atom. The average Bonchev–Trinajstić information content (AvgIpc) is 2.82. The van der Waals surface area contributed by atoms with Gasteiger partial charge in [0.15, 0.2) is 0 Å². The predicted octanol–water partition coefficient (Wildman–Crippen LogP) is 4.84. The van der Waals surface area contributed by atoms with Crippen LogP contribution in [0.2, 0.25) is 0 Å². The van der Waals surface area contributed by atoms with Gasteiger partial charge < -0.3 is 4.74 Å². The molecule has 2 aliphatic carbocycles. The minimum absolute atomic E-state index is 0.0324. The topological polar surface area (TPSA) is 32.8 Å². The lowest BCUT2D eigenvalue weighted by atomic mass is 9.52. The fourth-order valence-electron chi connectivity index (χ4n) is 6.47. The van der Waals surface area contributed by atoms with E-state index in [9.17, 15) is 4.79 Å². The first-order valence-corrected chi connectivity index (χ1v) is 11.6. The summed E-state index contributed by atoms with van der Waals surface area (Å²) in [6.45, 7) is 0.949. The highest BCUT2D eigenvalue weighted by atomic mass is 16.5. The standard InChI is InChI=1S/C27H32N2O2/c1-28(26(30)14-13-20-8-7-10-22(18-20)31-2)29-17-16-27-15-6-5-12-24(27)25(29)19-21-9-3-4-11-23(21)27/h3-4,7-11,13-14,18,24-25H,5-6,12,15-17,19H2,1-2H3/t24-,25+,27-/m0/s1. The molecule has 0 aromatic heterocycles. The maximum absolute atomic E-state index is 13.1. The minimum atomic E-state index is 0.0324. The summed E-state index contributed by atoms with van der Waals surface area (Å²) in [6, 6.07) is 17.3. The van der Waals surface area contributed by atoms with Crippen LogP contribution in [0.1, 0.15) is 48.8 Å². The summed E-state index contributed by atoms with van der Waals surface area (Å²) in [5, 5.41) is 4.23. The lowest BCUT2D eigenvalue weighted by Crippen LogP contribution is -2.64. The van der Waals surface area contributed by atoms with Crippen molar-refractivity contribution in [1.82, 2.24) is 10.0 Å². The zero-order valence-electron chi connectivity index (χ0n) is 18.6. The second kappa shape index (κ2) is 8.16. The number of hydrogen-bond acceptors (Lipinski definition) is 3. The number of benzene rings is 2. The van der Waals surface area contributed by atoms with Gasteiger partial charge in [0.2, 0.25) is 0 Å². The van der Waals surface area contributed by atoms with Gasteiger partial charge in [0, 0.05) is 31.1 Å². The van der Waals surface area contributed by atoms with Crippen molar-refractivity contribution in [2.24, 2.45) is 5.92 Å². The molecule has 4 nitrogen and oxygen atoms in total. The molecule has 2 bridgehead atoms. The molecule has 3 aliphatic rings. The SMILES string of the molecule is COc1cccc(C=CC(=O)N(C)N2CC[C@]34CCCC[C@H]3[C@H]2Cc2ccccc24)c1. The second-order valence-electron chi connectivity index (χ2n) is 9.32. The van der Waals surface area contributed by atoms with Crippen molar-refractivity contribution < 1.29 is 9.53 Å². The maximum atomic E-state index is 13.1. The van der Waals surface area contributed by atoms with Gasteiger partial charge in [-0.05, 0) is 66.5 Å². The predicted molar refractivity (Wildman–Crippen MR) is 124 cm³/mol. The van der Waals surface area contributed by atoms with E-state index in [1.807, 2.05) is 42.4 Å². The lowest BCUT2D eigenvalue weighted by Gasteiger charge is -2.60. The first-order valence-electron chi connectivity index (χ1n) is 11.6. The normalized spacial score (nSPS) is 27.4. The van der Waals surface area contributed by atoms with Crippen LogP contribution in [0.5, 0.6) is 5.75 Å². The number of rotatable bonds is 4. The number of hydrogen-bond donors (Lipinski definition) is 0. The third-order valence-corrected chi connectivity index (χ3v) is 7.93. The van der Waals surface area contributed by atoms with Crippen molar-refractivity contribution in [3.8, 4) is 5.75 Å². The van der Waals surface area contributed by atoms with E-state index in [1.54, 1.807) is 18.7 Å². The number of likely N-dealkylation sites (N-methyl/N-ethyl adjacent to an activating group) is 1. The van der Waals surface area contributed by atoms with E-state index >= 15 is 0 Å². The summed E-state index contributed by atoms with van der Waals surface area (Å²) < 4.78 is 5.29. The van der Waals surface area contributed by atoms with Crippen molar-refractivity contribution in [3.63, 3.8) is 0 Å². The van der Waals surface area contributed by atoms with Gasteiger partial charge >= 0.3 is 0 Å². The Kier molecular flexibility index (Phi) is 5.35. The Hall–Kier alpha value is -2.59. The van der Waals surface area contributed by atoms with Gasteiger partial charge in [-0.1, -0.05) is 49.2 Å². The lowest BCUT2D eigenvalue weighted by molar-refractivity contribution is -0.159. The molecule has 4 heteroatoms. The van der Waals surface area contributed by atoms with Gasteiger partial charge in [0.05, 0.1) is 7.11 Å². The van der Waals surface area contributed by atoms with Gasteiger partial charge in [0.1, 0.15) is 5.75 Å². The molecule has 1 amide bonds. The van der Waals surface area contributed by atoms with Gasteiger partial charge in [-0.2, -0.15) is 0 Å². The number of carbonyl (C=O) groups excluding carboxylic acids is 1. The average molecular weight is 417 g/mol. The summed E-state index contributed by atoms with van der Waals surface area (Å²) in [7, 11) is 3.60. The fourth-order valence-corrected chi connectivity index (χ4v) is 6.47. The van der Waals surface area contributed by atoms with Crippen LogP contribution < -0.4 is 4.74 Å². The second-order valence-corrected chi connectivity index (χ2v) is 9.32. The molecule has 0 unspecified atom stereocenters. The van der Waals surface area contributed by atoms with Crippen molar-refractivity contribution >= 4 is 12.0 Å². The summed E-state index contributed by atoms with van der Waals surface area (Å²) >= 11 is 0. The fraction of sp³-hybridized carbons (Fsp3) is 0.444. The van der Waals surface area contributed by atoms with E-state index in [2.05, 4.69) is 29.3 Å². The maximum Gasteiger partial charge on any atom is 0.260 e. The number of ether oxygens (including phenoxy) is 1. The zero-order valence-corrected chi connectivity index (χ0v) is 18.6. The van der Waals surface area contributed by atoms with E-state index in [0.717, 1.165) is 30.7 Å². The van der Waals surface area contributed by atoms with Crippen LogP contribution in [0.3, 0.4) is 0 Å². The number of methoxy groups -OCH3 is 1. The van der Waals surface area contributed by atoms with Crippen molar-refractivity contribution in [3.05, 3.63) is 71.3 Å². The first kappa shape index (κ1) is 20.3. The summed E-state index contributed by atoms with van der Waals surface area (Å²) in [6.07, 6.45) is 11.0. The summed E-state index contributed by atoms with van der Waals surface area (Å²) in [5.41, 5.74) is 4.37. The van der Waals surface area contributed by atoms with Crippen LogP contribution in [0.4, 0.5) is 0 Å². The van der Waals surface area contributed by atoms with E-state index in [0.29, 0.717) is 17.4 Å². The first-order chi connectivity index (χ1) is 15.1. The van der Waals surface area contributed by atoms with E-state index < -0.39 is 0 Å². The van der Waals surface area contributed by atoms with Crippen LogP contribution in [0.15, 0.2) is 54.6 Å². The highest BCUT2D eigenvalue weighted by Crippen LogP contribution is 2.55. The van der Waals surface area contributed by atoms with Gasteiger partial charge in [-0.25, -0.2) is 5.01 Å². The molecular weight excluding hydrogens is 384 g/mol. The quantitative estimate of drug-likeness (QED) is 0.669. The van der Waals surface area contributed by atoms with Crippen LogP contribution in [-0.2, 0) is 16.6 Å². The number of hydrazine groups is 1.